The first-order valence-electron chi connectivity index (χ1n) is 8.98. The highest BCUT2D eigenvalue weighted by Gasteiger charge is 2.26. The van der Waals surface area contributed by atoms with Crippen LogP contribution >= 0.6 is 0 Å². The molecule has 0 saturated carbocycles. The van der Waals surface area contributed by atoms with Crippen LogP contribution in [0.1, 0.15) is 38.1 Å². The Morgan fingerprint density at radius 2 is 1.96 bits per heavy atom. The van der Waals surface area contributed by atoms with Crippen LogP contribution in [0.5, 0.6) is 0 Å². The second kappa shape index (κ2) is 7.25. The molecule has 2 aromatic rings. The molecule has 134 valence electrons. The first-order chi connectivity index (χ1) is 12.0. The van der Waals surface area contributed by atoms with Crippen molar-refractivity contribution in [3.05, 3.63) is 46.1 Å². The number of hydrogen-bond donors (Lipinski definition) is 1. The fourth-order valence-corrected chi connectivity index (χ4v) is 3.51. The molecule has 0 aliphatic carbocycles. The lowest BCUT2D eigenvalue weighted by Crippen LogP contribution is -2.41. The number of aromatic nitrogens is 3. The van der Waals surface area contributed by atoms with Crippen molar-refractivity contribution in [2.24, 2.45) is 11.8 Å². The van der Waals surface area contributed by atoms with Crippen molar-refractivity contribution in [2.45, 2.75) is 40.0 Å². The van der Waals surface area contributed by atoms with Gasteiger partial charge in [0.2, 0.25) is 5.91 Å². The zero-order chi connectivity index (χ0) is 18.0. The molecule has 0 spiro atoms. The molecule has 1 aliphatic heterocycles. The fraction of sp³-hybridized carbons (Fsp3) is 0.526. The Labute approximate surface area is 147 Å². The second-order valence-electron chi connectivity index (χ2n) is 7.19. The van der Waals surface area contributed by atoms with E-state index in [1.165, 1.54) is 0 Å². The van der Waals surface area contributed by atoms with Crippen molar-refractivity contribution in [1.29, 1.82) is 0 Å². The Balaban J connectivity index is 1.73. The summed E-state index contributed by atoms with van der Waals surface area (Å²) in [4.78, 5) is 26.3. The molecule has 1 aromatic heterocycles. The average molecular weight is 342 g/mol. The average Bonchev–Trinajstić information content (AvgIpc) is 2.96. The first-order valence-corrected chi connectivity index (χ1v) is 8.98. The summed E-state index contributed by atoms with van der Waals surface area (Å²) in [6.07, 6.45) is 2.65. The zero-order valence-electron chi connectivity index (χ0n) is 15.2. The van der Waals surface area contributed by atoms with Crippen molar-refractivity contribution >= 4 is 5.91 Å². The molecule has 0 radical (unpaired) electrons. The smallest absolute Gasteiger partial charge is 0.342 e. The molecule has 0 bridgehead atoms. The highest BCUT2D eigenvalue weighted by molar-refractivity contribution is 5.78. The van der Waals surface area contributed by atoms with E-state index in [1.807, 2.05) is 49.9 Å². The van der Waals surface area contributed by atoms with Gasteiger partial charge in [-0.15, -0.1) is 0 Å². The van der Waals surface area contributed by atoms with Gasteiger partial charge in [0, 0.05) is 25.4 Å². The van der Waals surface area contributed by atoms with Gasteiger partial charge in [-0.25, -0.2) is 14.5 Å². The number of para-hydroxylation sites is 1. The van der Waals surface area contributed by atoms with E-state index in [0.29, 0.717) is 5.92 Å². The molecule has 0 atom stereocenters. The van der Waals surface area contributed by atoms with Gasteiger partial charge in [-0.3, -0.25) is 4.79 Å². The van der Waals surface area contributed by atoms with Crippen molar-refractivity contribution < 1.29 is 4.79 Å². The van der Waals surface area contributed by atoms with Crippen LogP contribution in [0.3, 0.4) is 0 Å². The Bertz CT molecular complexity index is 798. The van der Waals surface area contributed by atoms with E-state index < -0.39 is 0 Å². The molecule has 3 rings (SSSR count). The van der Waals surface area contributed by atoms with Crippen LogP contribution in [-0.4, -0.2) is 38.7 Å². The molecular weight excluding hydrogens is 316 g/mol. The monoisotopic (exact) mass is 342 g/mol. The van der Waals surface area contributed by atoms with Crippen LogP contribution in [-0.2, 0) is 11.2 Å². The molecule has 1 fully saturated rings. The molecule has 6 nitrogen and oxygen atoms in total. The third kappa shape index (κ3) is 3.67. The number of carbonyl (C=O) groups excluding carboxylic acids is 1. The van der Waals surface area contributed by atoms with Gasteiger partial charge < -0.3 is 4.90 Å². The van der Waals surface area contributed by atoms with Gasteiger partial charge in [-0.2, -0.15) is 5.10 Å². The number of rotatable bonds is 4. The Hall–Kier alpha value is -2.37. The molecule has 0 unspecified atom stereocenters. The van der Waals surface area contributed by atoms with E-state index >= 15 is 0 Å². The number of piperidine rings is 1. The summed E-state index contributed by atoms with van der Waals surface area (Å²) in [7, 11) is 0. The standard InChI is InChI=1S/C19H26N4O2/c1-13(2)18(24)22-10-8-15(9-11-22)12-17-20-21-19(25)23(17)16-7-5-4-6-14(16)3/h4-7,13,15H,8-12H2,1-3H3,(H,21,25). The number of likely N-dealkylation sites (tertiary alicyclic amines) is 1. The second-order valence-corrected chi connectivity index (χ2v) is 7.19. The lowest BCUT2D eigenvalue weighted by Gasteiger charge is -2.33. The molecule has 1 aromatic carbocycles. The number of H-pyrrole nitrogens is 1. The molecule has 1 N–H and O–H groups in total. The largest absolute Gasteiger partial charge is 0.347 e. The minimum atomic E-state index is -0.197. The molecule has 25 heavy (non-hydrogen) atoms. The summed E-state index contributed by atoms with van der Waals surface area (Å²) in [6.45, 7) is 7.47. The Morgan fingerprint density at radius 3 is 2.60 bits per heavy atom. The highest BCUT2D eigenvalue weighted by Crippen LogP contribution is 2.23. The number of amides is 1. The van der Waals surface area contributed by atoms with Crippen LogP contribution < -0.4 is 5.69 Å². The maximum absolute atomic E-state index is 12.2. The quantitative estimate of drug-likeness (QED) is 0.927. The van der Waals surface area contributed by atoms with Crippen molar-refractivity contribution in [3.8, 4) is 5.69 Å². The van der Waals surface area contributed by atoms with E-state index in [0.717, 1.165) is 49.4 Å². The van der Waals surface area contributed by atoms with Gasteiger partial charge in [0.15, 0.2) is 0 Å². The van der Waals surface area contributed by atoms with Crippen LogP contribution in [0.4, 0.5) is 0 Å². The molecule has 1 amide bonds. The van der Waals surface area contributed by atoms with Gasteiger partial charge in [0.05, 0.1) is 5.69 Å². The number of benzene rings is 1. The van der Waals surface area contributed by atoms with E-state index in [-0.39, 0.29) is 17.5 Å². The normalized spacial score (nSPS) is 15.8. The molecule has 1 saturated heterocycles. The number of aryl methyl sites for hydroxylation is 1. The van der Waals surface area contributed by atoms with Gasteiger partial charge in [0.25, 0.3) is 0 Å². The number of carbonyl (C=O) groups is 1. The summed E-state index contributed by atoms with van der Waals surface area (Å²) < 4.78 is 1.68. The van der Waals surface area contributed by atoms with Gasteiger partial charge in [-0.05, 0) is 37.3 Å². The Morgan fingerprint density at radius 1 is 1.28 bits per heavy atom. The maximum atomic E-state index is 12.2. The number of nitrogens with one attached hydrogen (secondary N) is 1. The number of hydrogen-bond acceptors (Lipinski definition) is 3. The number of aromatic amines is 1. The summed E-state index contributed by atoms with van der Waals surface area (Å²) in [5, 5.41) is 6.84. The van der Waals surface area contributed by atoms with Gasteiger partial charge in [0.1, 0.15) is 5.82 Å². The van der Waals surface area contributed by atoms with Crippen molar-refractivity contribution in [3.63, 3.8) is 0 Å². The minimum absolute atomic E-state index is 0.0501. The fourth-order valence-electron chi connectivity index (χ4n) is 3.51. The van der Waals surface area contributed by atoms with E-state index in [4.69, 9.17) is 0 Å². The molecule has 6 heteroatoms. The van der Waals surface area contributed by atoms with Gasteiger partial charge in [-0.1, -0.05) is 32.0 Å². The molecule has 2 heterocycles. The topological polar surface area (TPSA) is 71.0 Å². The summed E-state index contributed by atoms with van der Waals surface area (Å²) in [6, 6.07) is 7.83. The lowest BCUT2D eigenvalue weighted by atomic mass is 9.92. The first kappa shape index (κ1) is 17.5. The number of nitrogens with zero attached hydrogens (tertiary/aromatic N) is 3. The van der Waals surface area contributed by atoms with Crippen LogP contribution in [0.15, 0.2) is 29.1 Å². The third-order valence-electron chi connectivity index (χ3n) is 4.99. The SMILES string of the molecule is Cc1ccccc1-n1c(CC2CCN(C(=O)C(C)C)CC2)n[nH]c1=O. The third-order valence-corrected chi connectivity index (χ3v) is 4.99. The lowest BCUT2D eigenvalue weighted by molar-refractivity contribution is -0.135. The van der Waals surface area contributed by atoms with E-state index in [2.05, 4.69) is 10.2 Å². The summed E-state index contributed by atoms with van der Waals surface area (Å²) in [5.74, 6) is 1.49. The summed E-state index contributed by atoms with van der Waals surface area (Å²) >= 11 is 0. The molecular formula is C19H26N4O2. The van der Waals surface area contributed by atoms with Crippen molar-refractivity contribution in [2.75, 3.05) is 13.1 Å². The van der Waals surface area contributed by atoms with Crippen LogP contribution in [0, 0.1) is 18.8 Å². The predicted molar refractivity (Wildman–Crippen MR) is 96.8 cm³/mol. The van der Waals surface area contributed by atoms with Crippen molar-refractivity contribution in [1.82, 2.24) is 19.7 Å². The molecule has 1 aliphatic rings. The highest BCUT2D eigenvalue weighted by atomic mass is 16.2. The van der Waals surface area contributed by atoms with Gasteiger partial charge >= 0.3 is 5.69 Å². The maximum Gasteiger partial charge on any atom is 0.347 e. The minimum Gasteiger partial charge on any atom is -0.342 e. The van der Waals surface area contributed by atoms with E-state index in [1.54, 1.807) is 4.57 Å². The zero-order valence-corrected chi connectivity index (χ0v) is 15.2. The Kier molecular flexibility index (Phi) is 5.06. The van der Waals surface area contributed by atoms with Crippen LogP contribution in [0.2, 0.25) is 0 Å². The van der Waals surface area contributed by atoms with E-state index in [9.17, 15) is 9.59 Å². The summed E-state index contributed by atoms with van der Waals surface area (Å²) in [5.41, 5.74) is 1.73. The van der Waals surface area contributed by atoms with Crippen LogP contribution in [0.25, 0.3) is 5.69 Å². The predicted octanol–water partition coefficient (Wildman–Crippen LogP) is 2.31.